The number of carbonyl (C=O) groups is 1. The third-order valence-corrected chi connectivity index (χ3v) is 12.1. The van der Waals surface area contributed by atoms with E-state index in [2.05, 4.69) is 24.5 Å². The summed E-state index contributed by atoms with van der Waals surface area (Å²) in [5.41, 5.74) is 0.338. The smallest absolute Gasteiger partial charge is 0.279 e. The van der Waals surface area contributed by atoms with Crippen LogP contribution in [-0.4, -0.2) is 129 Å². The SMILES string of the molecule is CCN(C)S(=O)(=O)N[C@@H]1CC[C@@H](CN2CCC3(CC2)CN(c2ncncc2Oc2ccc(F)cc2C(=O)N(C(C)C)[C@@H]2CCOC2)C3)OC1. The highest BCUT2D eigenvalue weighted by molar-refractivity contribution is 7.87. The molecule has 3 atom stereocenters. The number of rotatable bonds is 12. The molecule has 4 fully saturated rings. The molecule has 2 aromatic rings. The molecule has 13 nitrogen and oxygen atoms in total. The van der Waals surface area contributed by atoms with Crippen molar-refractivity contribution in [2.24, 2.45) is 5.41 Å². The van der Waals surface area contributed by atoms with E-state index >= 15 is 0 Å². The first-order chi connectivity index (χ1) is 23.5. The van der Waals surface area contributed by atoms with Crippen molar-refractivity contribution in [1.29, 1.82) is 0 Å². The number of hydrogen-bond donors (Lipinski definition) is 1. The lowest BCUT2D eigenvalue weighted by Gasteiger charge is -2.54. The van der Waals surface area contributed by atoms with Crippen LogP contribution < -0.4 is 14.4 Å². The molecule has 4 saturated heterocycles. The number of benzene rings is 1. The number of ether oxygens (including phenoxy) is 3. The van der Waals surface area contributed by atoms with E-state index in [0.717, 1.165) is 64.8 Å². The van der Waals surface area contributed by atoms with Gasteiger partial charge in [-0.2, -0.15) is 17.4 Å². The van der Waals surface area contributed by atoms with Gasteiger partial charge in [-0.25, -0.2) is 14.4 Å². The second-order valence-corrected chi connectivity index (χ2v) is 16.0. The number of likely N-dealkylation sites (tertiary alicyclic amines) is 1. The van der Waals surface area contributed by atoms with E-state index < -0.39 is 16.0 Å². The number of amides is 1. The lowest BCUT2D eigenvalue weighted by Crippen LogP contribution is -2.61. The number of nitrogens with one attached hydrogen (secondary N) is 1. The number of carbonyl (C=O) groups excluding carboxylic acids is 1. The summed E-state index contributed by atoms with van der Waals surface area (Å²) in [6.45, 7) is 12.0. The zero-order chi connectivity index (χ0) is 34.8. The molecule has 0 aliphatic carbocycles. The fourth-order valence-corrected chi connectivity index (χ4v) is 8.57. The van der Waals surface area contributed by atoms with Gasteiger partial charge in [0.2, 0.25) is 0 Å². The predicted octanol–water partition coefficient (Wildman–Crippen LogP) is 3.28. The molecule has 1 spiro atoms. The summed E-state index contributed by atoms with van der Waals surface area (Å²) in [5.74, 6) is 0.534. The number of piperidine rings is 1. The van der Waals surface area contributed by atoms with Crippen LogP contribution in [0.5, 0.6) is 11.5 Å². The molecule has 0 bridgehead atoms. The molecule has 5 heterocycles. The van der Waals surface area contributed by atoms with Crippen LogP contribution in [0.4, 0.5) is 10.2 Å². The number of anilines is 1. The van der Waals surface area contributed by atoms with Crippen LogP contribution in [0.2, 0.25) is 0 Å². The first kappa shape index (κ1) is 35.9. The van der Waals surface area contributed by atoms with Crippen LogP contribution in [0.15, 0.2) is 30.7 Å². The Morgan fingerprint density at radius 1 is 1.16 bits per heavy atom. The topological polar surface area (TPSA) is 130 Å². The summed E-state index contributed by atoms with van der Waals surface area (Å²) in [5, 5.41) is 0. The van der Waals surface area contributed by atoms with Crippen molar-refractivity contribution >= 4 is 21.9 Å². The zero-order valence-electron chi connectivity index (χ0n) is 29.0. The molecule has 1 aromatic carbocycles. The number of aromatic nitrogens is 2. The highest BCUT2D eigenvalue weighted by Crippen LogP contribution is 2.45. The standard InChI is InChI=1S/C34H50FN7O6S/c1-5-39(4)49(44,45)38-26-7-8-28(47-19-26)18-40-13-11-34(12-14-40)21-41(22-34)32-31(17-36-23-37-32)48-30-9-6-25(35)16-29(30)33(43)42(24(2)3)27-10-15-46-20-27/h6,9,16-17,23-24,26-28,38H,5,7-8,10-15,18-22H2,1-4H3/t26-,27-,28+/m1/s1. The Bertz CT molecular complexity index is 1550. The van der Waals surface area contributed by atoms with Crippen molar-refractivity contribution in [2.75, 3.05) is 71.0 Å². The lowest BCUT2D eigenvalue weighted by molar-refractivity contribution is -0.0300. The van der Waals surface area contributed by atoms with Crippen LogP contribution in [-0.2, 0) is 19.7 Å². The fourth-order valence-electron chi connectivity index (χ4n) is 7.44. The van der Waals surface area contributed by atoms with Gasteiger partial charge in [-0.05, 0) is 77.2 Å². The molecule has 6 rings (SSSR count). The van der Waals surface area contributed by atoms with Gasteiger partial charge in [-0.1, -0.05) is 6.92 Å². The quantitative estimate of drug-likeness (QED) is 0.352. The molecule has 15 heteroatoms. The van der Waals surface area contributed by atoms with Gasteiger partial charge >= 0.3 is 0 Å². The van der Waals surface area contributed by atoms with Crippen molar-refractivity contribution in [1.82, 2.24) is 28.8 Å². The van der Waals surface area contributed by atoms with E-state index in [-0.39, 0.29) is 46.9 Å². The predicted molar refractivity (Wildman–Crippen MR) is 182 cm³/mol. The molecular formula is C34H50FN7O6S. The fraction of sp³-hybridized carbons (Fsp3) is 0.676. The van der Waals surface area contributed by atoms with Gasteiger partial charge in [0.05, 0.1) is 37.1 Å². The zero-order valence-corrected chi connectivity index (χ0v) is 29.8. The molecule has 1 amide bonds. The third-order valence-electron chi connectivity index (χ3n) is 10.4. The summed E-state index contributed by atoms with van der Waals surface area (Å²) in [4.78, 5) is 29.0. The first-order valence-corrected chi connectivity index (χ1v) is 18.9. The molecule has 1 aromatic heterocycles. The van der Waals surface area contributed by atoms with E-state index in [9.17, 15) is 17.6 Å². The van der Waals surface area contributed by atoms with Crippen LogP contribution in [0.25, 0.3) is 0 Å². The van der Waals surface area contributed by atoms with Crippen molar-refractivity contribution in [2.45, 2.75) is 77.1 Å². The molecule has 4 aliphatic rings. The Morgan fingerprint density at radius 3 is 2.59 bits per heavy atom. The van der Waals surface area contributed by atoms with Crippen molar-refractivity contribution in [3.05, 3.63) is 42.1 Å². The van der Waals surface area contributed by atoms with E-state index in [1.807, 2.05) is 20.8 Å². The minimum Gasteiger partial charge on any atom is -0.451 e. The van der Waals surface area contributed by atoms with Crippen molar-refractivity contribution < 1.29 is 31.8 Å². The maximum Gasteiger partial charge on any atom is 0.279 e. The van der Waals surface area contributed by atoms with Gasteiger partial charge in [0, 0.05) is 57.3 Å². The molecule has 270 valence electrons. The molecular weight excluding hydrogens is 653 g/mol. The molecule has 1 N–H and O–H groups in total. The molecule has 4 aliphatic heterocycles. The molecule has 49 heavy (non-hydrogen) atoms. The Balaban J connectivity index is 1.03. The Hall–Kier alpha value is -2.95. The van der Waals surface area contributed by atoms with Crippen LogP contribution in [0, 0.1) is 11.2 Å². The van der Waals surface area contributed by atoms with E-state index in [0.29, 0.717) is 37.9 Å². The summed E-state index contributed by atoms with van der Waals surface area (Å²) >= 11 is 0. The molecule has 0 saturated carbocycles. The highest BCUT2D eigenvalue weighted by Gasteiger charge is 2.46. The van der Waals surface area contributed by atoms with Crippen LogP contribution in [0.3, 0.4) is 0 Å². The van der Waals surface area contributed by atoms with Gasteiger partial charge in [-0.15, -0.1) is 0 Å². The van der Waals surface area contributed by atoms with Gasteiger partial charge in [0.15, 0.2) is 11.6 Å². The Kier molecular flexibility index (Phi) is 11.1. The summed E-state index contributed by atoms with van der Waals surface area (Å²) in [6.07, 6.45) is 7.61. The Labute approximate surface area is 289 Å². The minimum atomic E-state index is -3.48. The second kappa shape index (κ2) is 15.1. The monoisotopic (exact) mass is 703 g/mol. The number of halogens is 1. The largest absolute Gasteiger partial charge is 0.451 e. The van der Waals surface area contributed by atoms with Crippen molar-refractivity contribution in [3.63, 3.8) is 0 Å². The maximum absolute atomic E-state index is 14.5. The summed E-state index contributed by atoms with van der Waals surface area (Å²) in [6, 6.07) is 3.66. The van der Waals surface area contributed by atoms with E-state index in [1.165, 1.54) is 28.8 Å². The normalized spacial score (nSPS) is 24.4. The van der Waals surface area contributed by atoms with Gasteiger partial charge in [-0.3, -0.25) is 4.79 Å². The maximum atomic E-state index is 14.5. The van der Waals surface area contributed by atoms with Gasteiger partial charge in [0.25, 0.3) is 16.1 Å². The third kappa shape index (κ3) is 8.18. The lowest BCUT2D eigenvalue weighted by atomic mass is 9.72. The Morgan fingerprint density at radius 2 is 1.94 bits per heavy atom. The molecule has 0 radical (unpaired) electrons. The minimum absolute atomic E-state index is 0.0771. The number of nitrogens with zero attached hydrogens (tertiary/aromatic N) is 6. The van der Waals surface area contributed by atoms with Crippen molar-refractivity contribution in [3.8, 4) is 11.5 Å². The van der Waals surface area contributed by atoms with E-state index in [1.54, 1.807) is 18.1 Å². The van der Waals surface area contributed by atoms with Crippen LogP contribution in [0.1, 0.15) is 63.2 Å². The highest BCUT2D eigenvalue weighted by atomic mass is 32.2. The van der Waals surface area contributed by atoms with Crippen LogP contribution >= 0.6 is 0 Å². The van der Waals surface area contributed by atoms with E-state index in [4.69, 9.17) is 14.2 Å². The second-order valence-electron chi connectivity index (χ2n) is 14.2. The van der Waals surface area contributed by atoms with Gasteiger partial charge < -0.3 is 28.9 Å². The molecule has 0 unspecified atom stereocenters. The summed E-state index contributed by atoms with van der Waals surface area (Å²) < 4.78 is 61.3. The average molecular weight is 704 g/mol. The average Bonchev–Trinajstić information content (AvgIpc) is 3.60. The number of hydrogen-bond acceptors (Lipinski definition) is 10. The summed E-state index contributed by atoms with van der Waals surface area (Å²) in [7, 11) is -1.91. The van der Waals surface area contributed by atoms with Gasteiger partial charge in [0.1, 0.15) is 17.9 Å². The first-order valence-electron chi connectivity index (χ1n) is 17.5.